The van der Waals surface area contributed by atoms with Gasteiger partial charge in [-0.05, 0) is 73.7 Å². The van der Waals surface area contributed by atoms with Crippen LogP contribution < -0.4 is 9.46 Å². The van der Waals surface area contributed by atoms with Gasteiger partial charge < -0.3 is 4.74 Å². The lowest BCUT2D eigenvalue weighted by Gasteiger charge is -2.33. The van der Waals surface area contributed by atoms with Crippen LogP contribution in [0.5, 0.6) is 5.75 Å². The summed E-state index contributed by atoms with van der Waals surface area (Å²) in [6, 6.07) is 9.29. The van der Waals surface area contributed by atoms with E-state index in [1.165, 1.54) is 18.0 Å². The highest BCUT2D eigenvalue weighted by Gasteiger charge is 2.31. The molecule has 1 aliphatic heterocycles. The molecule has 1 saturated heterocycles. The molecule has 4 nitrogen and oxygen atoms in total. The molecule has 32 heavy (non-hydrogen) atoms. The van der Waals surface area contributed by atoms with Crippen molar-refractivity contribution < 1.29 is 13.9 Å². The van der Waals surface area contributed by atoms with Gasteiger partial charge in [-0.25, -0.2) is 4.39 Å². The molecule has 1 amide bonds. The smallest absolute Gasteiger partial charge is 0.264 e. The van der Waals surface area contributed by atoms with E-state index >= 15 is 0 Å². The molecule has 1 unspecified atom stereocenters. The maximum Gasteiger partial charge on any atom is 0.264 e. The molecule has 4 rings (SSSR count). The maximum atomic E-state index is 14.7. The third kappa shape index (κ3) is 5.74. The van der Waals surface area contributed by atoms with E-state index in [4.69, 9.17) is 16.3 Å². The molecular weight excluding hydrogens is 467 g/mol. The van der Waals surface area contributed by atoms with Crippen molar-refractivity contribution in [3.05, 3.63) is 57.9 Å². The predicted molar refractivity (Wildman–Crippen MR) is 132 cm³/mol. The Balaban J connectivity index is 1.47. The molecule has 8 heteroatoms. The highest BCUT2D eigenvalue weighted by Crippen LogP contribution is 2.45. The minimum Gasteiger partial charge on any atom is -0.489 e. The van der Waals surface area contributed by atoms with Crippen molar-refractivity contribution in [2.45, 2.75) is 49.1 Å². The number of carbonyl (C=O) groups is 1. The largest absolute Gasteiger partial charge is 0.489 e. The van der Waals surface area contributed by atoms with Crippen LogP contribution in [0.3, 0.4) is 0 Å². The zero-order valence-corrected chi connectivity index (χ0v) is 20.7. The number of rotatable bonds is 8. The van der Waals surface area contributed by atoms with E-state index in [0.29, 0.717) is 11.7 Å². The Bertz CT molecular complexity index is 987. The molecule has 1 heterocycles. The van der Waals surface area contributed by atoms with Crippen LogP contribution in [0.1, 0.15) is 53.1 Å². The van der Waals surface area contributed by atoms with E-state index in [2.05, 4.69) is 21.8 Å². The number of likely N-dealkylation sites (tertiary alicyclic amines) is 1. The van der Waals surface area contributed by atoms with Gasteiger partial charge in [-0.3, -0.25) is 14.4 Å². The molecule has 1 atom stereocenters. The van der Waals surface area contributed by atoms with Crippen molar-refractivity contribution >= 4 is 41.2 Å². The molecule has 172 valence electrons. The summed E-state index contributed by atoms with van der Waals surface area (Å²) in [6.07, 6.45) is 7.80. The summed E-state index contributed by atoms with van der Waals surface area (Å²) >= 11 is 9.33. The van der Waals surface area contributed by atoms with Gasteiger partial charge in [0, 0.05) is 35.3 Å². The quantitative estimate of drug-likeness (QED) is 0.353. The zero-order chi connectivity index (χ0) is 22.7. The lowest BCUT2D eigenvalue weighted by molar-refractivity contribution is 0.0832. The molecule has 1 aliphatic carbocycles. The minimum absolute atomic E-state index is 0.0178. The molecule has 2 fully saturated rings. The van der Waals surface area contributed by atoms with Gasteiger partial charge >= 0.3 is 0 Å². The number of halogens is 2. The summed E-state index contributed by atoms with van der Waals surface area (Å²) in [4.78, 5) is 15.7. The van der Waals surface area contributed by atoms with Crippen LogP contribution in [0, 0.1) is 5.82 Å². The number of amides is 1. The number of nitrogens with zero attached hydrogens (tertiary/aromatic N) is 1. The summed E-state index contributed by atoms with van der Waals surface area (Å²) < 4.78 is 23.7. The van der Waals surface area contributed by atoms with Crippen molar-refractivity contribution in [2.75, 3.05) is 25.6 Å². The molecule has 0 bridgehead atoms. The van der Waals surface area contributed by atoms with E-state index < -0.39 is 11.7 Å². The number of thioether (sulfide) groups is 1. The van der Waals surface area contributed by atoms with Crippen LogP contribution in [-0.4, -0.2) is 42.5 Å². The van der Waals surface area contributed by atoms with E-state index in [1.807, 2.05) is 12.3 Å². The Kier molecular flexibility index (Phi) is 7.92. The second-order valence-electron chi connectivity index (χ2n) is 8.35. The lowest BCUT2D eigenvalue weighted by Crippen LogP contribution is -2.40. The standard InChI is InChI=1S/C24H28ClFN2O2S2/c1-31-18-8-7-16(21(25)10-18)13-28-9-3-4-17(14-28)30-23-12-22(26)20(24(29)27-32-2)11-19(23)15-5-6-15/h7-8,10-12,15,17H,3-6,9,13-14H2,1-2H3,(H,27,29). The monoisotopic (exact) mass is 494 g/mol. The summed E-state index contributed by atoms with van der Waals surface area (Å²) in [5, 5.41) is 0.789. The summed E-state index contributed by atoms with van der Waals surface area (Å²) in [7, 11) is 0. The van der Waals surface area contributed by atoms with Crippen molar-refractivity contribution in [1.29, 1.82) is 0 Å². The average Bonchev–Trinajstić information content (AvgIpc) is 3.61. The molecule has 0 spiro atoms. The third-order valence-corrected chi connectivity index (χ3v) is 7.43. The molecule has 2 aromatic carbocycles. The van der Waals surface area contributed by atoms with Gasteiger partial charge in [0.1, 0.15) is 17.7 Å². The van der Waals surface area contributed by atoms with Crippen LogP contribution in [0.2, 0.25) is 5.02 Å². The minimum atomic E-state index is -0.538. The van der Waals surface area contributed by atoms with Crippen LogP contribution in [-0.2, 0) is 6.54 Å². The maximum absolute atomic E-state index is 14.7. The molecule has 0 radical (unpaired) electrons. The molecule has 1 saturated carbocycles. The summed E-state index contributed by atoms with van der Waals surface area (Å²) in [6.45, 7) is 2.52. The van der Waals surface area contributed by atoms with E-state index in [9.17, 15) is 9.18 Å². The predicted octanol–water partition coefficient (Wildman–Crippen LogP) is 6.13. The fourth-order valence-corrected chi connectivity index (χ4v) is 5.21. The van der Waals surface area contributed by atoms with E-state index in [-0.39, 0.29) is 11.7 Å². The Hall–Kier alpha value is -1.41. The first-order chi connectivity index (χ1) is 15.5. The number of nitrogens with one attached hydrogen (secondary N) is 1. The number of piperidine rings is 1. The molecule has 2 aromatic rings. The zero-order valence-electron chi connectivity index (χ0n) is 18.3. The van der Waals surface area contributed by atoms with Crippen molar-refractivity contribution in [1.82, 2.24) is 9.62 Å². The van der Waals surface area contributed by atoms with Gasteiger partial charge in [0.25, 0.3) is 5.91 Å². The van der Waals surface area contributed by atoms with Gasteiger partial charge in [-0.15, -0.1) is 11.8 Å². The first kappa shape index (κ1) is 23.7. The van der Waals surface area contributed by atoms with Gasteiger partial charge in [-0.1, -0.05) is 29.6 Å². The molecule has 2 aliphatic rings. The van der Waals surface area contributed by atoms with Crippen LogP contribution in [0.15, 0.2) is 35.2 Å². The Morgan fingerprint density at radius 1 is 1.25 bits per heavy atom. The second-order valence-corrected chi connectivity index (χ2v) is 10.3. The highest BCUT2D eigenvalue weighted by molar-refractivity contribution is 7.98. The normalized spacial score (nSPS) is 19.1. The first-order valence-corrected chi connectivity index (χ1v) is 13.7. The fraction of sp³-hybridized carbons (Fsp3) is 0.458. The first-order valence-electron chi connectivity index (χ1n) is 10.9. The second kappa shape index (κ2) is 10.7. The SMILES string of the molecule is CSNC(=O)c1cc(C2CC2)c(OC2CCCN(Cc3ccc(SC)cc3Cl)C2)cc1F. The van der Waals surface area contributed by atoms with Crippen molar-refractivity contribution in [2.24, 2.45) is 0 Å². The van der Waals surface area contributed by atoms with Crippen molar-refractivity contribution in [3.63, 3.8) is 0 Å². The van der Waals surface area contributed by atoms with Crippen molar-refractivity contribution in [3.8, 4) is 5.75 Å². The Morgan fingerprint density at radius 2 is 2.06 bits per heavy atom. The van der Waals surface area contributed by atoms with Gasteiger partial charge in [0.05, 0.1) is 5.56 Å². The Labute approximate surface area is 202 Å². The van der Waals surface area contributed by atoms with Crippen LogP contribution in [0.25, 0.3) is 0 Å². The highest BCUT2D eigenvalue weighted by atomic mass is 35.5. The van der Waals surface area contributed by atoms with E-state index in [1.54, 1.807) is 24.1 Å². The summed E-state index contributed by atoms with van der Waals surface area (Å²) in [5.74, 6) is -0.0132. The topological polar surface area (TPSA) is 41.6 Å². The van der Waals surface area contributed by atoms with E-state index in [0.717, 1.165) is 66.4 Å². The lowest BCUT2D eigenvalue weighted by atomic mass is 10.0. The Morgan fingerprint density at radius 3 is 2.75 bits per heavy atom. The number of benzene rings is 2. The van der Waals surface area contributed by atoms with Crippen LogP contribution in [0.4, 0.5) is 4.39 Å². The molecule has 1 N–H and O–H groups in total. The fourth-order valence-electron chi connectivity index (χ4n) is 4.17. The molecular formula is C24H28ClFN2O2S2. The van der Waals surface area contributed by atoms with Gasteiger partial charge in [0.2, 0.25) is 0 Å². The third-order valence-electron chi connectivity index (χ3n) is 5.97. The summed E-state index contributed by atoms with van der Waals surface area (Å²) in [5.41, 5.74) is 2.15. The molecule has 0 aromatic heterocycles. The number of hydrogen-bond donors (Lipinski definition) is 1. The van der Waals surface area contributed by atoms with Crippen LogP contribution >= 0.6 is 35.3 Å². The number of ether oxygens (including phenoxy) is 1. The van der Waals surface area contributed by atoms with Gasteiger partial charge in [-0.2, -0.15) is 0 Å². The number of carbonyl (C=O) groups excluding carboxylic acids is 1. The number of hydrogen-bond acceptors (Lipinski definition) is 5. The average molecular weight is 495 g/mol. The van der Waals surface area contributed by atoms with Gasteiger partial charge in [0.15, 0.2) is 0 Å².